The van der Waals surface area contributed by atoms with Crippen LogP contribution in [0.25, 0.3) is 0 Å². The molecule has 1 aromatic heterocycles. The zero-order valence-corrected chi connectivity index (χ0v) is 20.1. The molecule has 3 rings (SSSR count). The summed E-state index contributed by atoms with van der Waals surface area (Å²) in [5, 5.41) is 15.3. The van der Waals surface area contributed by atoms with Crippen LogP contribution in [0.5, 0.6) is 0 Å². The summed E-state index contributed by atoms with van der Waals surface area (Å²) in [6.07, 6.45) is 3.60. The number of nitrogens with one attached hydrogen (secondary N) is 2. The smallest absolute Gasteiger partial charge is 0.272 e. The van der Waals surface area contributed by atoms with E-state index in [4.69, 9.17) is 17.3 Å². The van der Waals surface area contributed by atoms with Crippen LogP contribution in [0.1, 0.15) is 72.1 Å². The predicted molar refractivity (Wildman–Crippen MR) is 125 cm³/mol. The highest BCUT2D eigenvalue weighted by Crippen LogP contribution is 2.35. The number of anilines is 1. The third kappa shape index (κ3) is 5.92. The number of halogens is 2. The molecule has 0 atom stereocenters. The average Bonchev–Trinajstić information content (AvgIpc) is 3.21. The Morgan fingerprint density at radius 2 is 1.91 bits per heavy atom. The zero-order valence-electron chi connectivity index (χ0n) is 19.3. The molecule has 1 aliphatic carbocycles. The van der Waals surface area contributed by atoms with Crippen molar-refractivity contribution in [2.75, 3.05) is 11.9 Å². The van der Waals surface area contributed by atoms with Crippen molar-refractivity contribution in [1.82, 2.24) is 14.9 Å². The maximum Gasteiger partial charge on any atom is 0.272 e. The second kappa shape index (κ2) is 10.1. The fourth-order valence-corrected chi connectivity index (χ4v) is 4.23. The van der Waals surface area contributed by atoms with Crippen LogP contribution in [0, 0.1) is 18.7 Å². The Balaban J connectivity index is 1.67. The zero-order chi connectivity index (χ0) is 25.2. The number of nitrogens with zero attached hydrogens (tertiary/aromatic N) is 2. The van der Waals surface area contributed by atoms with E-state index in [2.05, 4.69) is 15.6 Å². The highest BCUT2D eigenvalue weighted by Gasteiger charge is 2.31. The molecule has 3 amide bonds. The molecule has 1 aromatic carbocycles. The van der Waals surface area contributed by atoms with Gasteiger partial charge in [-0.15, -0.1) is 0 Å². The first kappa shape index (κ1) is 25.6. The molecule has 0 bridgehead atoms. The molecule has 5 N–H and O–H groups in total. The van der Waals surface area contributed by atoms with Gasteiger partial charge in [0.2, 0.25) is 5.91 Å². The van der Waals surface area contributed by atoms with Crippen molar-refractivity contribution >= 4 is 35.0 Å². The number of aliphatic hydroxyl groups is 1. The van der Waals surface area contributed by atoms with Gasteiger partial charge in [0.1, 0.15) is 11.5 Å². The van der Waals surface area contributed by atoms with Crippen molar-refractivity contribution in [2.24, 2.45) is 11.7 Å². The summed E-state index contributed by atoms with van der Waals surface area (Å²) in [5.74, 6) is -2.32. The fraction of sp³-hybridized carbons (Fsp3) is 0.478. The Bertz CT molecular complexity index is 1100. The SMILES string of the molecule is Cc1cc(NC(=O)[C@H]2CC[C@H](n3cnc(C(=O)NCC(C)(C)O)c3C(N)=O)CC2)c(Cl)cc1F. The molecule has 34 heavy (non-hydrogen) atoms. The van der Waals surface area contributed by atoms with Crippen molar-refractivity contribution in [3.63, 3.8) is 0 Å². The van der Waals surface area contributed by atoms with Crippen LogP contribution in [0.3, 0.4) is 0 Å². The Morgan fingerprint density at radius 3 is 2.50 bits per heavy atom. The van der Waals surface area contributed by atoms with Gasteiger partial charge in [-0.2, -0.15) is 0 Å². The molecule has 11 heteroatoms. The van der Waals surface area contributed by atoms with Crippen LogP contribution < -0.4 is 16.4 Å². The van der Waals surface area contributed by atoms with Gasteiger partial charge < -0.3 is 26.0 Å². The number of rotatable bonds is 7. The lowest BCUT2D eigenvalue weighted by molar-refractivity contribution is -0.121. The van der Waals surface area contributed by atoms with Crippen LogP contribution in [-0.4, -0.2) is 44.5 Å². The summed E-state index contributed by atoms with van der Waals surface area (Å²) < 4.78 is 15.2. The molecule has 2 aromatic rings. The van der Waals surface area contributed by atoms with Crippen LogP contribution in [0.4, 0.5) is 10.1 Å². The second-order valence-electron chi connectivity index (χ2n) is 9.28. The van der Waals surface area contributed by atoms with E-state index in [9.17, 15) is 23.9 Å². The Morgan fingerprint density at radius 1 is 1.26 bits per heavy atom. The first-order valence-corrected chi connectivity index (χ1v) is 11.4. The monoisotopic (exact) mass is 493 g/mol. The Kier molecular flexibility index (Phi) is 7.62. The molecule has 184 valence electrons. The molecule has 0 radical (unpaired) electrons. The molecular weight excluding hydrogens is 465 g/mol. The first-order valence-electron chi connectivity index (χ1n) is 11.0. The van der Waals surface area contributed by atoms with E-state index in [-0.39, 0.29) is 40.8 Å². The number of nitrogens with two attached hydrogens (primary N) is 1. The summed E-state index contributed by atoms with van der Waals surface area (Å²) in [6.45, 7) is 4.66. The Labute approximate surface area is 201 Å². The average molecular weight is 494 g/mol. The lowest BCUT2D eigenvalue weighted by Crippen LogP contribution is -2.39. The normalized spacial score (nSPS) is 18.4. The molecule has 1 saturated carbocycles. The van der Waals surface area contributed by atoms with Crippen LogP contribution in [-0.2, 0) is 4.79 Å². The van der Waals surface area contributed by atoms with Gasteiger partial charge in [-0.1, -0.05) is 11.6 Å². The Hall–Kier alpha value is -2.98. The third-order valence-corrected chi connectivity index (χ3v) is 6.20. The molecule has 0 unspecified atom stereocenters. The number of aromatic nitrogens is 2. The third-order valence-electron chi connectivity index (χ3n) is 5.89. The van der Waals surface area contributed by atoms with E-state index in [1.807, 2.05) is 0 Å². The number of aryl methyl sites for hydroxylation is 1. The summed E-state index contributed by atoms with van der Waals surface area (Å²) >= 11 is 6.05. The van der Waals surface area contributed by atoms with Gasteiger partial charge in [-0.3, -0.25) is 14.4 Å². The molecule has 1 aliphatic rings. The lowest BCUT2D eigenvalue weighted by atomic mass is 9.85. The second-order valence-corrected chi connectivity index (χ2v) is 9.69. The molecule has 0 spiro atoms. The summed E-state index contributed by atoms with van der Waals surface area (Å²) in [5.41, 5.74) is 5.06. The van der Waals surface area contributed by atoms with Crippen LogP contribution in [0.2, 0.25) is 5.02 Å². The number of amides is 3. The summed E-state index contributed by atoms with van der Waals surface area (Å²) in [4.78, 5) is 41.5. The molecule has 1 heterocycles. The largest absolute Gasteiger partial charge is 0.389 e. The molecular formula is C23H29ClFN5O4. The first-order chi connectivity index (χ1) is 15.9. The molecule has 9 nitrogen and oxygen atoms in total. The fourth-order valence-electron chi connectivity index (χ4n) is 4.03. The highest BCUT2D eigenvalue weighted by molar-refractivity contribution is 6.33. The van der Waals surface area contributed by atoms with E-state index in [1.54, 1.807) is 25.3 Å². The standard InChI is InChI=1S/C23H29ClFN5O4/c1-12-8-17(15(24)9-16(12)25)29-21(32)13-4-6-14(7-5-13)30-11-28-18(19(30)20(26)31)22(33)27-10-23(2,3)34/h8-9,11,13-14,34H,4-7,10H2,1-3H3,(H2,26,31)(H,27,33)(H,29,32)/t13-,14-. The van der Waals surface area contributed by atoms with Gasteiger partial charge in [0.15, 0.2) is 5.69 Å². The van der Waals surface area contributed by atoms with Crippen molar-refractivity contribution in [1.29, 1.82) is 0 Å². The van der Waals surface area contributed by atoms with Crippen molar-refractivity contribution < 1.29 is 23.9 Å². The number of carbonyl (C=O) groups is 3. The molecule has 1 fully saturated rings. The van der Waals surface area contributed by atoms with Gasteiger partial charge in [-0.05, 0) is 64.2 Å². The maximum absolute atomic E-state index is 13.6. The van der Waals surface area contributed by atoms with E-state index in [1.165, 1.54) is 18.5 Å². The van der Waals surface area contributed by atoms with Gasteiger partial charge in [0, 0.05) is 18.5 Å². The van der Waals surface area contributed by atoms with Gasteiger partial charge in [0.05, 0.1) is 22.6 Å². The van der Waals surface area contributed by atoms with Crippen LogP contribution >= 0.6 is 11.6 Å². The van der Waals surface area contributed by atoms with Gasteiger partial charge >= 0.3 is 0 Å². The minimum absolute atomic E-state index is 0.00489. The number of imidazole rings is 1. The molecule has 0 saturated heterocycles. The maximum atomic E-state index is 13.6. The van der Waals surface area contributed by atoms with Gasteiger partial charge in [0.25, 0.3) is 11.8 Å². The van der Waals surface area contributed by atoms with E-state index in [0.29, 0.717) is 36.9 Å². The van der Waals surface area contributed by atoms with E-state index >= 15 is 0 Å². The number of primary amides is 1. The quantitative estimate of drug-likeness (QED) is 0.469. The molecule has 0 aliphatic heterocycles. The predicted octanol–water partition coefficient (Wildman–Crippen LogP) is 2.95. The van der Waals surface area contributed by atoms with Crippen molar-refractivity contribution in [3.05, 3.63) is 46.3 Å². The van der Waals surface area contributed by atoms with E-state index in [0.717, 1.165) is 0 Å². The van der Waals surface area contributed by atoms with Crippen molar-refractivity contribution in [3.8, 4) is 0 Å². The lowest BCUT2D eigenvalue weighted by Gasteiger charge is -2.29. The van der Waals surface area contributed by atoms with E-state index < -0.39 is 23.2 Å². The van der Waals surface area contributed by atoms with Gasteiger partial charge in [-0.25, -0.2) is 9.37 Å². The minimum atomic E-state index is -1.12. The minimum Gasteiger partial charge on any atom is -0.389 e. The number of benzene rings is 1. The highest BCUT2D eigenvalue weighted by atomic mass is 35.5. The number of hydrogen-bond donors (Lipinski definition) is 4. The number of carbonyl (C=O) groups excluding carboxylic acids is 3. The summed E-state index contributed by atoms with van der Waals surface area (Å²) in [6, 6.07) is 2.51. The summed E-state index contributed by atoms with van der Waals surface area (Å²) in [7, 11) is 0. The van der Waals surface area contributed by atoms with Crippen molar-refractivity contribution in [2.45, 2.75) is 58.1 Å². The number of hydrogen-bond acceptors (Lipinski definition) is 5. The van der Waals surface area contributed by atoms with Crippen LogP contribution in [0.15, 0.2) is 18.5 Å². The topological polar surface area (TPSA) is 139 Å².